The molecule has 1 atom stereocenters. The van der Waals surface area contributed by atoms with Gasteiger partial charge in [-0.1, -0.05) is 19.8 Å². The van der Waals surface area contributed by atoms with Gasteiger partial charge in [-0.3, -0.25) is 4.79 Å². The van der Waals surface area contributed by atoms with Gasteiger partial charge >= 0.3 is 6.09 Å². The lowest BCUT2D eigenvalue weighted by Gasteiger charge is -2.10. The van der Waals surface area contributed by atoms with Crippen LogP contribution in [0.3, 0.4) is 0 Å². The Morgan fingerprint density at radius 2 is 2.07 bits per heavy atom. The van der Waals surface area contributed by atoms with Crippen LogP contribution >= 0.6 is 0 Å². The number of rotatable bonds is 6. The standard InChI is InChI=1S/C9H18N2O3/c1-3-4-5-6-11-9(13)14-7(2)8(10)12/h7H,3-6H2,1-2H3,(H2,10,12)(H,11,13). The van der Waals surface area contributed by atoms with Crippen molar-refractivity contribution in [3.05, 3.63) is 0 Å². The summed E-state index contributed by atoms with van der Waals surface area (Å²) in [5.41, 5.74) is 4.92. The second-order valence-electron chi connectivity index (χ2n) is 3.08. The number of ether oxygens (including phenoxy) is 1. The van der Waals surface area contributed by atoms with E-state index in [2.05, 4.69) is 17.0 Å². The average Bonchev–Trinajstić information content (AvgIpc) is 2.12. The van der Waals surface area contributed by atoms with Crippen molar-refractivity contribution in [1.82, 2.24) is 5.32 Å². The van der Waals surface area contributed by atoms with Gasteiger partial charge in [-0.2, -0.15) is 0 Å². The fraction of sp³-hybridized carbons (Fsp3) is 0.778. The molecule has 0 rings (SSSR count). The highest BCUT2D eigenvalue weighted by Crippen LogP contribution is 1.93. The Labute approximate surface area is 84.0 Å². The summed E-state index contributed by atoms with van der Waals surface area (Å²) in [6, 6.07) is 0. The summed E-state index contributed by atoms with van der Waals surface area (Å²) in [4.78, 5) is 21.5. The molecule has 0 bridgehead atoms. The molecule has 0 fully saturated rings. The van der Waals surface area contributed by atoms with E-state index in [9.17, 15) is 9.59 Å². The van der Waals surface area contributed by atoms with Gasteiger partial charge in [0.1, 0.15) is 0 Å². The highest BCUT2D eigenvalue weighted by atomic mass is 16.6. The first kappa shape index (κ1) is 12.7. The molecule has 0 heterocycles. The highest BCUT2D eigenvalue weighted by Gasteiger charge is 2.13. The molecule has 0 spiro atoms. The Hall–Kier alpha value is -1.26. The molecule has 0 aromatic rings. The van der Waals surface area contributed by atoms with Crippen molar-refractivity contribution >= 4 is 12.0 Å². The van der Waals surface area contributed by atoms with E-state index in [0.717, 1.165) is 19.3 Å². The number of hydrogen-bond acceptors (Lipinski definition) is 3. The van der Waals surface area contributed by atoms with Crippen LogP contribution < -0.4 is 11.1 Å². The minimum absolute atomic E-state index is 0.568. The number of carbonyl (C=O) groups excluding carboxylic acids is 2. The Morgan fingerprint density at radius 1 is 1.43 bits per heavy atom. The maximum Gasteiger partial charge on any atom is 0.407 e. The molecule has 5 nitrogen and oxygen atoms in total. The van der Waals surface area contributed by atoms with Crippen LogP contribution in [-0.4, -0.2) is 24.6 Å². The summed E-state index contributed by atoms with van der Waals surface area (Å²) in [6.45, 7) is 4.08. The van der Waals surface area contributed by atoms with Crippen LogP contribution in [0, 0.1) is 0 Å². The zero-order valence-corrected chi connectivity index (χ0v) is 8.71. The molecule has 0 aromatic heterocycles. The number of nitrogens with two attached hydrogens (primary N) is 1. The zero-order chi connectivity index (χ0) is 11.0. The Kier molecular flexibility index (Phi) is 6.53. The first-order valence-electron chi connectivity index (χ1n) is 4.81. The minimum atomic E-state index is -0.874. The largest absolute Gasteiger partial charge is 0.436 e. The van der Waals surface area contributed by atoms with Gasteiger partial charge in [0.25, 0.3) is 5.91 Å². The quantitative estimate of drug-likeness (QED) is 0.624. The first-order valence-corrected chi connectivity index (χ1v) is 4.81. The fourth-order valence-electron chi connectivity index (χ4n) is 0.826. The van der Waals surface area contributed by atoms with E-state index in [-0.39, 0.29) is 0 Å². The summed E-state index contributed by atoms with van der Waals surface area (Å²) in [7, 11) is 0. The van der Waals surface area contributed by atoms with Gasteiger partial charge in [-0.25, -0.2) is 4.79 Å². The van der Waals surface area contributed by atoms with Crippen molar-refractivity contribution in [3.8, 4) is 0 Å². The second kappa shape index (κ2) is 7.17. The Balaban J connectivity index is 3.50. The summed E-state index contributed by atoms with van der Waals surface area (Å²) >= 11 is 0. The average molecular weight is 202 g/mol. The maximum atomic E-state index is 11.0. The van der Waals surface area contributed by atoms with E-state index in [1.165, 1.54) is 6.92 Å². The number of primary amides is 1. The lowest BCUT2D eigenvalue weighted by atomic mass is 10.2. The van der Waals surface area contributed by atoms with Crippen LogP contribution in [0.2, 0.25) is 0 Å². The molecule has 0 aromatic carbocycles. The van der Waals surface area contributed by atoms with Gasteiger partial charge in [-0.15, -0.1) is 0 Å². The molecule has 0 aliphatic carbocycles. The van der Waals surface area contributed by atoms with Gasteiger partial charge in [-0.05, 0) is 13.3 Å². The zero-order valence-electron chi connectivity index (χ0n) is 8.71. The van der Waals surface area contributed by atoms with Crippen molar-refractivity contribution in [1.29, 1.82) is 0 Å². The Bertz CT molecular complexity index is 194. The molecule has 14 heavy (non-hydrogen) atoms. The van der Waals surface area contributed by atoms with Gasteiger partial charge < -0.3 is 15.8 Å². The predicted molar refractivity (Wildman–Crippen MR) is 52.7 cm³/mol. The first-order chi connectivity index (χ1) is 6.57. The molecule has 0 radical (unpaired) electrons. The third-order valence-electron chi connectivity index (χ3n) is 1.73. The lowest BCUT2D eigenvalue weighted by molar-refractivity contribution is -0.125. The van der Waals surface area contributed by atoms with Crippen LogP contribution in [-0.2, 0) is 9.53 Å². The minimum Gasteiger partial charge on any atom is -0.436 e. The third kappa shape index (κ3) is 6.28. The van der Waals surface area contributed by atoms with E-state index in [1.54, 1.807) is 0 Å². The van der Waals surface area contributed by atoms with Gasteiger partial charge in [0.15, 0.2) is 6.10 Å². The van der Waals surface area contributed by atoms with Crippen molar-refractivity contribution in [2.75, 3.05) is 6.54 Å². The van der Waals surface area contributed by atoms with E-state index in [0.29, 0.717) is 6.54 Å². The molecular weight excluding hydrogens is 184 g/mol. The molecule has 0 saturated heterocycles. The van der Waals surface area contributed by atoms with Gasteiger partial charge in [0.05, 0.1) is 0 Å². The molecule has 3 N–H and O–H groups in total. The van der Waals surface area contributed by atoms with Gasteiger partial charge in [0, 0.05) is 6.54 Å². The van der Waals surface area contributed by atoms with E-state index in [1.807, 2.05) is 0 Å². The molecule has 0 aliphatic heterocycles. The monoisotopic (exact) mass is 202 g/mol. The second-order valence-corrected chi connectivity index (χ2v) is 3.08. The van der Waals surface area contributed by atoms with Crippen molar-refractivity contribution < 1.29 is 14.3 Å². The van der Waals surface area contributed by atoms with Crippen LogP contribution in [0.5, 0.6) is 0 Å². The summed E-state index contributed by atoms with van der Waals surface area (Å²) in [5, 5.41) is 2.53. The van der Waals surface area contributed by atoms with Crippen LogP contribution in [0.4, 0.5) is 4.79 Å². The molecule has 0 aliphatic rings. The highest BCUT2D eigenvalue weighted by molar-refractivity contribution is 5.81. The van der Waals surface area contributed by atoms with Crippen molar-refractivity contribution in [2.24, 2.45) is 5.73 Å². The molecule has 2 amide bonds. The lowest BCUT2D eigenvalue weighted by Crippen LogP contribution is -2.35. The summed E-state index contributed by atoms with van der Waals surface area (Å²) in [6.07, 6.45) is 1.60. The number of hydrogen-bond donors (Lipinski definition) is 2. The van der Waals surface area contributed by atoms with Crippen LogP contribution in [0.1, 0.15) is 33.1 Å². The fourth-order valence-corrected chi connectivity index (χ4v) is 0.826. The predicted octanol–water partition coefficient (Wildman–Crippen LogP) is 0.777. The number of alkyl carbamates (subject to hydrolysis) is 1. The number of unbranched alkanes of at least 4 members (excludes halogenated alkanes) is 2. The number of nitrogens with one attached hydrogen (secondary N) is 1. The summed E-state index contributed by atoms with van der Waals surface area (Å²) in [5.74, 6) is -0.645. The number of carbonyl (C=O) groups is 2. The molecular formula is C9H18N2O3. The normalized spacial score (nSPS) is 11.9. The van der Waals surface area contributed by atoms with E-state index >= 15 is 0 Å². The van der Waals surface area contributed by atoms with E-state index in [4.69, 9.17) is 5.73 Å². The Morgan fingerprint density at radius 3 is 2.57 bits per heavy atom. The van der Waals surface area contributed by atoms with E-state index < -0.39 is 18.1 Å². The van der Waals surface area contributed by atoms with Crippen LogP contribution in [0.15, 0.2) is 0 Å². The summed E-state index contributed by atoms with van der Waals surface area (Å²) < 4.78 is 4.67. The molecule has 0 saturated carbocycles. The van der Waals surface area contributed by atoms with Crippen molar-refractivity contribution in [2.45, 2.75) is 39.2 Å². The topological polar surface area (TPSA) is 81.4 Å². The SMILES string of the molecule is CCCCCNC(=O)OC(C)C(N)=O. The molecule has 1 unspecified atom stereocenters. The van der Waals surface area contributed by atoms with Crippen LogP contribution in [0.25, 0.3) is 0 Å². The number of amides is 2. The molecule has 82 valence electrons. The maximum absolute atomic E-state index is 11.0. The molecule has 5 heteroatoms. The third-order valence-corrected chi connectivity index (χ3v) is 1.73. The van der Waals surface area contributed by atoms with Crippen molar-refractivity contribution in [3.63, 3.8) is 0 Å². The smallest absolute Gasteiger partial charge is 0.407 e. The van der Waals surface area contributed by atoms with Gasteiger partial charge in [0.2, 0.25) is 0 Å².